The minimum Gasteiger partial charge on any atom is -0.366 e. The zero-order valence-corrected chi connectivity index (χ0v) is 19.4. The van der Waals surface area contributed by atoms with Crippen LogP contribution in [0.25, 0.3) is 0 Å². The first-order chi connectivity index (χ1) is 16.0. The molecule has 0 bridgehead atoms. The summed E-state index contributed by atoms with van der Waals surface area (Å²) in [6.07, 6.45) is -3.12. The third kappa shape index (κ3) is 4.85. The van der Waals surface area contributed by atoms with Crippen LogP contribution in [-0.2, 0) is 24.1 Å². The van der Waals surface area contributed by atoms with Crippen molar-refractivity contribution in [1.29, 1.82) is 0 Å². The van der Waals surface area contributed by atoms with Crippen molar-refractivity contribution < 1.29 is 18.0 Å². The first-order valence-electron chi connectivity index (χ1n) is 11.0. The number of aromatic nitrogens is 3. The van der Waals surface area contributed by atoms with Crippen molar-refractivity contribution in [3.8, 4) is 0 Å². The molecule has 7 nitrogen and oxygen atoms in total. The number of nitrogens with zero attached hydrogens (tertiary/aromatic N) is 4. The maximum Gasteiger partial charge on any atom is 0.435 e. The zero-order valence-electron chi connectivity index (χ0n) is 19.4. The lowest BCUT2D eigenvalue weighted by Crippen LogP contribution is -2.49. The summed E-state index contributed by atoms with van der Waals surface area (Å²) in [6, 6.07) is 10.2. The number of carbonyl (C=O) groups is 1. The van der Waals surface area contributed by atoms with Crippen LogP contribution >= 0.6 is 0 Å². The van der Waals surface area contributed by atoms with Crippen molar-refractivity contribution in [1.82, 2.24) is 14.8 Å². The number of nitrogens with one attached hydrogen (secondary N) is 2. The second kappa shape index (κ2) is 9.00. The molecule has 1 atom stereocenters. The highest BCUT2D eigenvalue weighted by atomic mass is 19.4. The summed E-state index contributed by atoms with van der Waals surface area (Å²) in [7, 11) is 1.92. The van der Waals surface area contributed by atoms with Crippen LogP contribution in [0.1, 0.15) is 36.4 Å². The Morgan fingerprint density at radius 3 is 2.44 bits per heavy atom. The molecule has 3 heterocycles. The van der Waals surface area contributed by atoms with Crippen LogP contribution in [0.3, 0.4) is 0 Å². The van der Waals surface area contributed by atoms with Gasteiger partial charge in [0, 0.05) is 25.9 Å². The summed E-state index contributed by atoms with van der Waals surface area (Å²) in [4.78, 5) is 19.1. The molecule has 0 radical (unpaired) electrons. The van der Waals surface area contributed by atoms with Gasteiger partial charge in [-0.1, -0.05) is 38.1 Å². The van der Waals surface area contributed by atoms with Crippen LogP contribution in [-0.4, -0.2) is 33.8 Å². The molecular weight excluding hydrogens is 445 g/mol. The van der Waals surface area contributed by atoms with Gasteiger partial charge in [0.15, 0.2) is 5.69 Å². The number of hydrogen-bond donors (Lipinski definition) is 2. The number of carbonyl (C=O) groups excluding carboxylic acids is 1. The number of aryl methyl sites for hydroxylation is 1. The van der Waals surface area contributed by atoms with Gasteiger partial charge < -0.3 is 15.5 Å². The summed E-state index contributed by atoms with van der Waals surface area (Å²) < 4.78 is 39.4. The quantitative estimate of drug-likeness (QED) is 0.545. The summed E-state index contributed by atoms with van der Waals surface area (Å²) in [6.45, 7) is 6.68. The summed E-state index contributed by atoms with van der Waals surface area (Å²) in [5.41, 5.74) is 3.33. The SMILES string of the molecule is Cc1nc(NCc2ccc(Cn3ccc(C(F)(F)F)n3)cc2)cc2c1NC(=O)C(C(C)C)N2C. The van der Waals surface area contributed by atoms with Crippen molar-refractivity contribution in [2.45, 2.75) is 46.1 Å². The van der Waals surface area contributed by atoms with Crippen LogP contribution in [0.4, 0.5) is 30.4 Å². The third-order valence-electron chi connectivity index (χ3n) is 5.90. The molecule has 1 aliphatic heterocycles. The van der Waals surface area contributed by atoms with E-state index in [9.17, 15) is 18.0 Å². The van der Waals surface area contributed by atoms with Crippen molar-refractivity contribution in [2.75, 3.05) is 22.6 Å². The molecule has 0 saturated carbocycles. The normalized spacial score (nSPS) is 15.9. The number of rotatable bonds is 6. The van der Waals surface area contributed by atoms with Crippen molar-refractivity contribution in [3.05, 3.63) is 65.1 Å². The lowest BCUT2D eigenvalue weighted by Gasteiger charge is -2.38. The van der Waals surface area contributed by atoms with E-state index in [1.54, 1.807) is 0 Å². The number of anilines is 3. The van der Waals surface area contributed by atoms with Crippen LogP contribution in [0, 0.1) is 12.8 Å². The van der Waals surface area contributed by atoms with Crippen LogP contribution < -0.4 is 15.5 Å². The highest BCUT2D eigenvalue weighted by molar-refractivity contribution is 6.04. The van der Waals surface area contributed by atoms with Gasteiger partial charge in [-0.15, -0.1) is 0 Å². The average molecular weight is 473 g/mol. The molecule has 0 aliphatic carbocycles. The predicted molar refractivity (Wildman–Crippen MR) is 125 cm³/mol. The van der Waals surface area contributed by atoms with Gasteiger partial charge in [-0.05, 0) is 30.0 Å². The predicted octanol–water partition coefficient (Wildman–Crippen LogP) is 4.68. The Balaban J connectivity index is 1.43. The number of pyridine rings is 1. The molecule has 1 aromatic carbocycles. The molecule has 1 amide bonds. The Morgan fingerprint density at radius 2 is 1.82 bits per heavy atom. The lowest BCUT2D eigenvalue weighted by molar-refractivity contribution is -0.141. The van der Waals surface area contributed by atoms with Gasteiger partial charge >= 0.3 is 6.18 Å². The molecule has 34 heavy (non-hydrogen) atoms. The van der Waals surface area contributed by atoms with Crippen molar-refractivity contribution in [2.24, 2.45) is 5.92 Å². The molecule has 1 aliphatic rings. The first kappa shape index (κ1) is 23.6. The molecule has 1 unspecified atom stereocenters. The summed E-state index contributed by atoms with van der Waals surface area (Å²) in [5, 5.41) is 9.90. The maximum atomic E-state index is 12.7. The fourth-order valence-corrected chi connectivity index (χ4v) is 4.20. The van der Waals surface area contributed by atoms with E-state index in [-0.39, 0.29) is 24.4 Å². The molecule has 4 rings (SSSR count). The van der Waals surface area contributed by atoms with Gasteiger partial charge in [0.25, 0.3) is 0 Å². The van der Waals surface area contributed by atoms with E-state index >= 15 is 0 Å². The van der Waals surface area contributed by atoms with E-state index in [0.29, 0.717) is 12.4 Å². The Morgan fingerprint density at radius 1 is 1.15 bits per heavy atom. The molecule has 3 aromatic rings. The highest BCUT2D eigenvalue weighted by Gasteiger charge is 2.34. The second-order valence-electron chi connectivity index (χ2n) is 8.84. The minimum atomic E-state index is -4.44. The van der Waals surface area contributed by atoms with Gasteiger partial charge in [0.2, 0.25) is 5.91 Å². The van der Waals surface area contributed by atoms with Gasteiger partial charge in [0.05, 0.1) is 23.6 Å². The van der Waals surface area contributed by atoms with Gasteiger partial charge in [0.1, 0.15) is 11.9 Å². The number of halogens is 3. The van der Waals surface area contributed by atoms with Crippen LogP contribution in [0.5, 0.6) is 0 Å². The number of benzene rings is 1. The molecular formula is C24H27F3N6O. The second-order valence-corrected chi connectivity index (χ2v) is 8.84. The van der Waals surface area contributed by atoms with E-state index in [1.165, 1.54) is 10.9 Å². The highest BCUT2D eigenvalue weighted by Crippen LogP contribution is 2.36. The van der Waals surface area contributed by atoms with E-state index in [1.807, 2.05) is 63.1 Å². The number of hydrogen-bond acceptors (Lipinski definition) is 5. The zero-order chi connectivity index (χ0) is 24.6. The number of alkyl halides is 3. The standard InChI is InChI=1S/C24H27F3N6O/c1-14(2)22-23(34)30-21-15(3)29-20(11-18(21)32(22)4)28-12-16-5-7-17(8-6-16)13-33-10-9-19(31-33)24(25,26)27/h5-11,14,22H,12-13H2,1-4H3,(H,28,29)(H,30,34). The maximum absolute atomic E-state index is 12.7. The third-order valence-corrected chi connectivity index (χ3v) is 5.90. The number of fused-ring (bicyclic) bond motifs is 1. The minimum absolute atomic E-state index is 0.0274. The topological polar surface area (TPSA) is 75.1 Å². The first-order valence-corrected chi connectivity index (χ1v) is 11.0. The van der Waals surface area contributed by atoms with Gasteiger partial charge in [-0.3, -0.25) is 9.48 Å². The summed E-state index contributed by atoms with van der Waals surface area (Å²) in [5.74, 6) is 0.825. The number of likely N-dealkylation sites (N-methyl/N-ethyl adjacent to an activating group) is 1. The average Bonchev–Trinajstić information content (AvgIpc) is 3.23. The monoisotopic (exact) mass is 472 g/mol. The Kier molecular flexibility index (Phi) is 6.24. The fraction of sp³-hybridized carbons (Fsp3) is 0.375. The van der Waals surface area contributed by atoms with E-state index < -0.39 is 11.9 Å². The van der Waals surface area contributed by atoms with Crippen LogP contribution in [0.2, 0.25) is 0 Å². The van der Waals surface area contributed by atoms with Crippen molar-refractivity contribution in [3.63, 3.8) is 0 Å². The molecule has 0 spiro atoms. The van der Waals surface area contributed by atoms with E-state index in [0.717, 1.165) is 34.3 Å². The van der Waals surface area contributed by atoms with E-state index in [2.05, 4.69) is 20.7 Å². The Hall–Kier alpha value is -3.56. The molecule has 0 fully saturated rings. The lowest BCUT2D eigenvalue weighted by atomic mass is 9.98. The molecule has 10 heteroatoms. The fourth-order valence-electron chi connectivity index (χ4n) is 4.20. The van der Waals surface area contributed by atoms with Gasteiger partial charge in [-0.2, -0.15) is 18.3 Å². The molecule has 2 aromatic heterocycles. The van der Waals surface area contributed by atoms with Crippen LogP contribution in [0.15, 0.2) is 42.6 Å². The molecule has 180 valence electrons. The molecule has 2 N–H and O–H groups in total. The largest absolute Gasteiger partial charge is 0.435 e. The van der Waals surface area contributed by atoms with E-state index in [4.69, 9.17) is 0 Å². The summed E-state index contributed by atoms with van der Waals surface area (Å²) >= 11 is 0. The van der Waals surface area contributed by atoms with Gasteiger partial charge in [-0.25, -0.2) is 4.98 Å². The van der Waals surface area contributed by atoms with Crippen molar-refractivity contribution >= 4 is 23.1 Å². The smallest absolute Gasteiger partial charge is 0.366 e. The molecule has 0 saturated heterocycles. The Bertz CT molecular complexity index is 1190. The Labute approximate surface area is 196 Å². The number of amides is 1.